The van der Waals surface area contributed by atoms with Crippen LogP contribution in [0.5, 0.6) is 5.75 Å². The fraction of sp³-hybridized carbons (Fsp3) is 0.417. The van der Waals surface area contributed by atoms with Gasteiger partial charge in [0.15, 0.2) is 6.61 Å². The molecule has 0 aliphatic heterocycles. The van der Waals surface area contributed by atoms with Gasteiger partial charge in [0.05, 0.1) is 10.0 Å². The van der Waals surface area contributed by atoms with Crippen LogP contribution in [0.4, 0.5) is 0 Å². The molecule has 1 N–H and O–H groups in total. The molecule has 174 valence electrons. The Hall–Kier alpha value is -1.76. The molecule has 0 aromatic heterocycles. The summed E-state index contributed by atoms with van der Waals surface area (Å²) in [4.78, 5) is 27.3. The van der Waals surface area contributed by atoms with Crippen molar-refractivity contribution in [3.8, 4) is 5.75 Å². The predicted molar refractivity (Wildman–Crippen MR) is 134 cm³/mol. The summed E-state index contributed by atoms with van der Waals surface area (Å²) >= 11 is 15.7. The zero-order valence-corrected chi connectivity index (χ0v) is 21.9. The molecular formula is C24H29BrCl2N2O3. The van der Waals surface area contributed by atoms with Crippen LogP contribution in [0.3, 0.4) is 0 Å². The van der Waals surface area contributed by atoms with Gasteiger partial charge in [-0.25, -0.2) is 0 Å². The van der Waals surface area contributed by atoms with Crippen LogP contribution < -0.4 is 10.1 Å². The fourth-order valence-electron chi connectivity index (χ4n) is 3.17. The second kappa shape index (κ2) is 12.5. The normalized spacial score (nSPS) is 11.7. The zero-order valence-electron chi connectivity index (χ0n) is 18.8. The Morgan fingerprint density at radius 1 is 1.12 bits per heavy atom. The lowest BCUT2D eigenvalue weighted by Crippen LogP contribution is -2.49. The maximum atomic E-state index is 13.1. The average Bonchev–Trinajstić information content (AvgIpc) is 2.76. The largest absolute Gasteiger partial charge is 0.484 e. The molecule has 8 heteroatoms. The van der Waals surface area contributed by atoms with Crippen molar-refractivity contribution in [2.24, 2.45) is 0 Å². The molecule has 0 saturated carbocycles. The first-order chi connectivity index (χ1) is 15.1. The molecule has 32 heavy (non-hydrogen) atoms. The lowest BCUT2D eigenvalue weighted by atomic mass is 10.1. The van der Waals surface area contributed by atoms with Crippen molar-refractivity contribution < 1.29 is 14.3 Å². The third-order valence-electron chi connectivity index (χ3n) is 5.11. The molecule has 0 aliphatic rings. The van der Waals surface area contributed by atoms with Crippen molar-refractivity contribution in [3.05, 3.63) is 61.5 Å². The standard InChI is InChI=1S/C24H29BrCl2N2O3/c1-5-6-9-28-24(31)17(4)29(13-18-7-8-20(26)21(27)12-18)22(30)14-32-19-10-15(2)23(25)16(3)11-19/h7-8,10-12,17H,5-6,9,13-14H2,1-4H3,(H,28,31). The Kier molecular flexibility index (Phi) is 10.3. The zero-order chi connectivity index (χ0) is 23.8. The molecule has 0 bridgehead atoms. The Morgan fingerprint density at radius 3 is 2.38 bits per heavy atom. The molecule has 0 saturated heterocycles. The van der Waals surface area contributed by atoms with Crippen molar-refractivity contribution in [1.29, 1.82) is 0 Å². The van der Waals surface area contributed by atoms with Crippen LogP contribution in [0, 0.1) is 13.8 Å². The van der Waals surface area contributed by atoms with Crippen LogP contribution in [-0.4, -0.2) is 35.9 Å². The number of ether oxygens (including phenoxy) is 1. The second-order valence-electron chi connectivity index (χ2n) is 7.75. The molecule has 2 rings (SSSR count). The Morgan fingerprint density at radius 2 is 1.78 bits per heavy atom. The number of halogens is 3. The summed E-state index contributed by atoms with van der Waals surface area (Å²) in [5.74, 6) is 0.0979. The number of nitrogens with zero attached hydrogens (tertiary/aromatic N) is 1. The van der Waals surface area contributed by atoms with Crippen LogP contribution in [0.2, 0.25) is 10.0 Å². The highest BCUT2D eigenvalue weighted by molar-refractivity contribution is 9.10. The van der Waals surface area contributed by atoms with Crippen molar-refractivity contribution in [1.82, 2.24) is 10.2 Å². The molecule has 1 unspecified atom stereocenters. The number of unbranched alkanes of at least 4 members (excludes halogenated alkanes) is 1. The Labute approximate surface area is 208 Å². The van der Waals surface area contributed by atoms with Gasteiger partial charge in [0.2, 0.25) is 5.91 Å². The van der Waals surface area contributed by atoms with Crippen LogP contribution in [0.15, 0.2) is 34.8 Å². The van der Waals surface area contributed by atoms with Gasteiger partial charge in [-0.3, -0.25) is 9.59 Å². The van der Waals surface area contributed by atoms with Crippen LogP contribution in [0.1, 0.15) is 43.4 Å². The van der Waals surface area contributed by atoms with E-state index in [1.165, 1.54) is 4.90 Å². The summed E-state index contributed by atoms with van der Waals surface area (Å²) in [6.07, 6.45) is 1.85. The smallest absolute Gasteiger partial charge is 0.261 e. The molecule has 1 atom stereocenters. The molecular weight excluding hydrogens is 515 g/mol. The van der Waals surface area contributed by atoms with E-state index in [9.17, 15) is 9.59 Å². The average molecular weight is 544 g/mol. The summed E-state index contributed by atoms with van der Waals surface area (Å²) in [5, 5.41) is 3.72. The van der Waals surface area contributed by atoms with E-state index in [-0.39, 0.29) is 25.0 Å². The maximum Gasteiger partial charge on any atom is 0.261 e. The number of aryl methyl sites for hydroxylation is 2. The third-order valence-corrected chi connectivity index (χ3v) is 7.10. The van der Waals surface area contributed by atoms with Crippen molar-refractivity contribution in [2.75, 3.05) is 13.2 Å². The molecule has 0 fully saturated rings. The van der Waals surface area contributed by atoms with Gasteiger partial charge in [0.25, 0.3) is 5.91 Å². The third kappa shape index (κ3) is 7.39. The van der Waals surface area contributed by atoms with E-state index in [1.54, 1.807) is 25.1 Å². The van der Waals surface area contributed by atoms with E-state index in [1.807, 2.05) is 26.0 Å². The molecule has 0 spiro atoms. The summed E-state index contributed by atoms with van der Waals surface area (Å²) in [6, 6.07) is 8.24. The van der Waals surface area contributed by atoms with Gasteiger partial charge in [0.1, 0.15) is 11.8 Å². The van der Waals surface area contributed by atoms with Gasteiger partial charge in [-0.2, -0.15) is 0 Å². The Bertz CT molecular complexity index is 945. The number of nitrogens with one attached hydrogen (secondary N) is 1. The van der Waals surface area contributed by atoms with Crippen molar-refractivity contribution >= 4 is 50.9 Å². The molecule has 0 heterocycles. The monoisotopic (exact) mass is 542 g/mol. The minimum absolute atomic E-state index is 0.186. The first-order valence-electron chi connectivity index (χ1n) is 10.5. The quantitative estimate of drug-likeness (QED) is 0.369. The summed E-state index contributed by atoms with van der Waals surface area (Å²) < 4.78 is 6.79. The van der Waals surface area contributed by atoms with Gasteiger partial charge in [-0.15, -0.1) is 0 Å². The van der Waals surface area contributed by atoms with Crippen molar-refractivity contribution in [3.63, 3.8) is 0 Å². The van der Waals surface area contributed by atoms with Crippen LogP contribution >= 0.6 is 39.1 Å². The summed E-state index contributed by atoms with van der Waals surface area (Å²) in [6.45, 7) is 8.29. The number of carbonyl (C=O) groups is 2. The van der Waals surface area contributed by atoms with E-state index in [2.05, 4.69) is 28.2 Å². The van der Waals surface area contributed by atoms with Gasteiger partial charge in [0, 0.05) is 17.6 Å². The lowest BCUT2D eigenvalue weighted by molar-refractivity contribution is -0.142. The maximum absolute atomic E-state index is 13.1. The van der Waals surface area contributed by atoms with Crippen LogP contribution in [-0.2, 0) is 16.1 Å². The van der Waals surface area contributed by atoms with Gasteiger partial charge in [-0.05, 0) is 68.1 Å². The Balaban J connectivity index is 2.18. The van der Waals surface area contributed by atoms with E-state index in [0.717, 1.165) is 34.0 Å². The van der Waals surface area contributed by atoms with Gasteiger partial charge >= 0.3 is 0 Å². The fourth-order valence-corrected chi connectivity index (χ4v) is 3.72. The molecule has 0 aliphatic carbocycles. The minimum atomic E-state index is -0.675. The van der Waals surface area contributed by atoms with Gasteiger partial charge in [-0.1, -0.05) is 58.5 Å². The highest BCUT2D eigenvalue weighted by Crippen LogP contribution is 2.27. The molecule has 2 aromatic carbocycles. The highest BCUT2D eigenvalue weighted by Gasteiger charge is 2.26. The molecule has 5 nitrogen and oxygen atoms in total. The number of rotatable bonds is 10. The van der Waals surface area contributed by atoms with E-state index >= 15 is 0 Å². The van der Waals surface area contributed by atoms with E-state index < -0.39 is 6.04 Å². The minimum Gasteiger partial charge on any atom is -0.484 e. The molecule has 0 radical (unpaired) electrons. The topological polar surface area (TPSA) is 58.6 Å². The van der Waals surface area contributed by atoms with E-state index in [0.29, 0.717) is 22.3 Å². The number of amides is 2. The number of hydrogen-bond acceptors (Lipinski definition) is 3. The lowest BCUT2D eigenvalue weighted by Gasteiger charge is -2.29. The first kappa shape index (κ1) is 26.5. The number of benzene rings is 2. The number of carbonyl (C=O) groups excluding carboxylic acids is 2. The first-order valence-corrected chi connectivity index (χ1v) is 12.1. The summed E-state index contributed by atoms with van der Waals surface area (Å²) in [7, 11) is 0. The van der Waals surface area contributed by atoms with Crippen LogP contribution in [0.25, 0.3) is 0 Å². The highest BCUT2D eigenvalue weighted by atomic mass is 79.9. The number of hydrogen-bond donors (Lipinski definition) is 1. The molecule has 2 amide bonds. The second-order valence-corrected chi connectivity index (χ2v) is 9.36. The summed E-state index contributed by atoms with van der Waals surface area (Å²) in [5.41, 5.74) is 2.81. The predicted octanol–water partition coefficient (Wildman–Crippen LogP) is 6.09. The molecule has 2 aromatic rings. The van der Waals surface area contributed by atoms with Gasteiger partial charge < -0.3 is 15.0 Å². The van der Waals surface area contributed by atoms with Crippen molar-refractivity contribution in [2.45, 2.75) is 53.1 Å². The van der Waals surface area contributed by atoms with E-state index in [4.69, 9.17) is 27.9 Å². The SMILES string of the molecule is CCCCNC(=O)C(C)N(Cc1ccc(Cl)c(Cl)c1)C(=O)COc1cc(C)c(Br)c(C)c1.